The predicted octanol–water partition coefficient (Wildman–Crippen LogP) is 3.62. The maximum Gasteiger partial charge on any atom is -0.0222 e. The van der Waals surface area contributed by atoms with Crippen molar-refractivity contribution in [1.82, 2.24) is 0 Å². The summed E-state index contributed by atoms with van der Waals surface area (Å²) in [4.78, 5) is 0. The minimum atomic E-state index is 0.349. The second-order valence-corrected chi connectivity index (χ2v) is 4.37. The largest absolute Gasteiger partial charge is 0.0622 e. The molecule has 2 rings (SSSR count). The predicted molar refractivity (Wildman–Crippen MR) is 56.4 cm³/mol. The van der Waals surface area contributed by atoms with E-state index < -0.39 is 0 Å². The van der Waals surface area contributed by atoms with Gasteiger partial charge in [-0.25, -0.2) is 0 Å². The van der Waals surface area contributed by atoms with Gasteiger partial charge in [-0.05, 0) is 37.2 Å². The van der Waals surface area contributed by atoms with Gasteiger partial charge in [-0.2, -0.15) is 0 Å². The average molecular weight is 173 g/mol. The van der Waals surface area contributed by atoms with Gasteiger partial charge >= 0.3 is 0 Å². The van der Waals surface area contributed by atoms with E-state index in [0.717, 1.165) is 6.42 Å². The van der Waals surface area contributed by atoms with Crippen molar-refractivity contribution in [2.24, 2.45) is 5.41 Å². The quantitative estimate of drug-likeness (QED) is 0.640. The molecule has 0 saturated heterocycles. The van der Waals surface area contributed by atoms with E-state index in [4.69, 9.17) is 0 Å². The molecule has 0 heteroatoms. The minimum absolute atomic E-state index is 0.349. The number of hydrogen-bond donors (Lipinski definition) is 0. The van der Waals surface area contributed by atoms with Crippen LogP contribution >= 0.6 is 0 Å². The van der Waals surface area contributed by atoms with E-state index in [0.29, 0.717) is 5.41 Å². The van der Waals surface area contributed by atoms with Gasteiger partial charge in [-0.15, -0.1) is 0 Å². The fourth-order valence-electron chi connectivity index (χ4n) is 2.33. The molecule has 1 aliphatic carbocycles. The molecule has 69 valence electrons. The van der Waals surface area contributed by atoms with Gasteiger partial charge in [0, 0.05) is 0 Å². The molecular weight excluding hydrogens is 156 g/mol. The molecule has 1 aliphatic rings. The van der Waals surface area contributed by atoms with Gasteiger partial charge in [0.05, 0.1) is 0 Å². The first-order valence-electron chi connectivity index (χ1n) is 5.18. The first-order chi connectivity index (χ1) is 6.29. The van der Waals surface area contributed by atoms with Gasteiger partial charge in [0.25, 0.3) is 0 Å². The van der Waals surface area contributed by atoms with Crippen molar-refractivity contribution in [2.75, 3.05) is 0 Å². The zero-order chi connectivity index (χ0) is 9.15. The molecule has 0 aliphatic heterocycles. The zero-order valence-electron chi connectivity index (χ0n) is 8.13. The fourth-order valence-corrected chi connectivity index (χ4v) is 2.33. The standard InChI is InChI=1S/C13H17/c1-13(9-5-6-10-13)11-12-7-3-2-4-8-12/h2-4,7-8H,1,5-6,9-11H2. The number of hydrogen-bond acceptors (Lipinski definition) is 0. The SMILES string of the molecule is [CH2]C1(Cc2ccccc2)CCCC1. The van der Waals surface area contributed by atoms with Gasteiger partial charge in [0.15, 0.2) is 0 Å². The second kappa shape index (κ2) is 3.53. The van der Waals surface area contributed by atoms with Gasteiger partial charge in [-0.1, -0.05) is 43.2 Å². The topological polar surface area (TPSA) is 0 Å². The lowest BCUT2D eigenvalue weighted by atomic mass is 9.82. The van der Waals surface area contributed by atoms with Crippen LogP contribution in [0.2, 0.25) is 0 Å². The highest BCUT2D eigenvalue weighted by Crippen LogP contribution is 2.39. The Labute approximate surface area is 81.0 Å². The third-order valence-corrected chi connectivity index (χ3v) is 3.09. The molecule has 13 heavy (non-hydrogen) atoms. The summed E-state index contributed by atoms with van der Waals surface area (Å²) in [5.74, 6) is 0. The van der Waals surface area contributed by atoms with Crippen LogP contribution in [-0.4, -0.2) is 0 Å². The lowest BCUT2D eigenvalue weighted by Crippen LogP contribution is -2.14. The van der Waals surface area contributed by atoms with E-state index in [2.05, 4.69) is 37.3 Å². The van der Waals surface area contributed by atoms with Crippen LogP contribution in [0.15, 0.2) is 30.3 Å². The highest BCUT2D eigenvalue weighted by atomic mass is 14.3. The van der Waals surface area contributed by atoms with Crippen LogP contribution < -0.4 is 0 Å². The van der Waals surface area contributed by atoms with Gasteiger partial charge in [0.2, 0.25) is 0 Å². The molecule has 1 radical (unpaired) electrons. The van der Waals surface area contributed by atoms with Crippen molar-refractivity contribution < 1.29 is 0 Å². The summed E-state index contributed by atoms with van der Waals surface area (Å²) in [6.07, 6.45) is 6.52. The number of benzene rings is 1. The maximum atomic E-state index is 4.36. The van der Waals surface area contributed by atoms with Crippen LogP contribution in [0.5, 0.6) is 0 Å². The molecule has 0 amide bonds. The van der Waals surface area contributed by atoms with Crippen LogP contribution in [-0.2, 0) is 6.42 Å². The Hall–Kier alpha value is -0.780. The lowest BCUT2D eigenvalue weighted by Gasteiger charge is -2.22. The Bertz CT molecular complexity index is 255. The van der Waals surface area contributed by atoms with E-state index in [-0.39, 0.29) is 0 Å². The normalized spacial score (nSPS) is 20.4. The summed E-state index contributed by atoms with van der Waals surface area (Å²) in [6, 6.07) is 10.7. The number of rotatable bonds is 2. The maximum absolute atomic E-state index is 4.36. The Morgan fingerprint density at radius 1 is 1.08 bits per heavy atom. The summed E-state index contributed by atoms with van der Waals surface area (Å²) in [5, 5.41) is 0. The van der Waals surface area contributed by atoms with Crippen LogP contribution in [0.25, 0.3) is 0 Å². The van der Waals surface area contributed by atoms with E-state index in [9.17, 15) is 0 Å². The molecule has 0 spiro atoms. The summed E-state index contributed by atoms with van der Waals surface area (Å²) in [6.45, 7) is 4.36. The lowest BCUT2D eigenvalue weighted by molar-refractivity contribution is 0.389. The highest BCUT2D eigenvalue weighted by molar-refractivity contribution is 5.17. The van der Waals surface area contributed by atoms with Crippen molar-refractivity contribution in [3.8, 4) is 0 Å². The van der Waals surface area contributed by atoms with Crippen LogP contribution in [0.4, 0.5) is 0 Å². The summed E-state index contributed by atoms with van der Waals surface area (Å²) < 4.78 is 0. The van der Waals surface area contributed by atoms with E-state index in [1.807, 2.05) is 0 Å². The van der Waals surface area contributed by atoms with Crippen LogP contribution in [0, 0.1) is 12.3 Å². The van der Waals surface area contributed by atoms with Crippen LogP contribution in [0.1, 0.15) is 31.2 Å². The second-order valence-electron chi connectivity index (χ2n) is 4.37. The molecule has 0 N–H and O–H groups in total. The fraction of sp³-hybridized carbons (Fsp3) is 0.462. The van der Waals surface area contributed by atoms with Crippen molar-refractivity contribution in [2.45, 2.75) is 32.1 Å². The molecular formula is C13H17. The first kappa shape index (κ1) is 8.80. The summed E-state index contributed by atoms with van der Waals surface area (Å²) >= 11 is 0. The molecule has 0 aromatic heterocycles. The molecule has 1 aromatic carbocycles. The van der Waals surface area contributed by atoms with Crippen LogP contribution in [0.3, 0.4) is 0 Å². The van der Waals surface area contributed by atoms with Gasteiger partial charge < -0.3 is 0 Å². The Morgan fingerprint density at radius 3 is 2.31 bits per heavy atom. The van der Waals surface area contributed by atoms with Crippen molar-refractivity contribution in [1.29, 1.82) is 0 Å². The van der Waals surface area contributed by atoms with Gasteiger partial charge in [-0.3, -0.25) is 0 Å². The molecule has 1 fully saturated rings. The highest BCUT2D eigenvalue weighted by Gasteiger charge is 2.28. The molecule has 0 atom stereocenters. The summed E-state index contributed by atoms with van der Waals surface area (Å²) in [7, 11) is 0. The molecule has 0 heterocycles. The van der Waals surface area contributed by atoms with E-state index in [1.54, 1.807) is 0 Å². The van der Waals surface area contributed by atoms with Gasteiger partial charge in [0.1, 0.15) is 0 Å². The summed E-state index contributed by atoms with van der Waals surface area (Å²) in [5.41, 5.74) is 1.79. The minimum Gasteiger partial charge on any atom is -0.0622 e. The Balaban J connectivity index is 2.05. The first-order valence-corrected chi connectivity index (χ1v) is 5.18. The smallest absolute Gasteiger partial charge is 0.0222 e. The monoisotopic (exact) mass is 173 g/mol. The molecule has 0 bridgehead atoms. The van der Waals surface area contributed by atoms with Crippen molar-refractivity contribution in [3.05, 3.63) is 42.8 Å². The molecule has 1 saturated carbocycles. The average Bonchev–Trinajstić information content (AvgIpc) is 2.54. The molecule has 1 aromatic rings. The Kier molecular flexibility index (Phi) is 2.39. The Morgan fingerprint density at radius 2 is 1.69 bits per heavy atom. The molecule has 0 unspecified atom stereocenters. The third kappa shape index (κ3) is 2.12. The van der Waals surface area contributed by atoms with Crippen molar-refractivity contribution >= 4 is 0 Å². The third-order valence-electron chi connectivity index (χ3n) is 3.09. The van der Waals surface area contributed by atoms with Crippen molar-refractivity contribution in [3.63, 3.8) is 0 Å². The van der Waals surface area contributed by atoms with E-state index >= 15 is 0 Å². The van der Waals surface area contributed by atoms with E-state index in [1.165, 1.54) is 31.2 Å². The zero-order valence-corrected chi connectivity index (χ0v) is 8.13. The molecule has 0 nitrogen and oxygen atoms in total.